The quantitative estimate of drug-likeness (QED) is 0.254. The highest BCUT2D eigenvalue weighted by Crippen LogP contribution is 2.47. The molecule has 39 heavy (non-hydrogen) atoms. The largest absolute Gasteiger partial charge is 0.418 e. The minimum atomic E-state index is -0.0684. The molecule has 10 nitrogen and oxygen atoms in total. The van der Waals surface area contributed by atoms with E-state index in [2.05, 4.69) is 40.3 Å². The highest BCUT2D eigenvalue weighted by atomic mass is 32.2. The minimum Gasteiger partial charge on any atom is -0.418 e. The summed E-state index contributed by atoms with van der Waals surface area (Å²) in [5, 5.41) is 16.9. The van der Waals surface area contributed by atoms with Crippen LogP contribution in [0.25, 0.3) is 50.9 Å². The molecule has 1 aliphatic rings. The smallest absolute Gasteiger partial charge is 0.266 e. The molecule has 1 atom stereocenters. The lowest BCUT2D eigenvalue weighted by atomic mass is 10.2. The second-order valence-corrected chi connectivity index (χ2v) is 9.76. The molecule has 0 spiro atoms. The molecular weight excluding hydrogens is 512 g/mol. The first-order valence-corrected chi connectivity index (χ1v) is 13.0. The van der Waals surface area contributed by atoms with E-state index in [1.807, 2.05) is 78.9 Å². The maximum atomic E-state index is 6.02. The molecule has 0 aromatic carbocycles. The third-order valence-corrected chi connectivity index (χ3v) is 7.20. The molecule has 6 aromatic heterocycles. The SMILES string of the molecule is C1=C(c2nnc(-c3cccc(-c4ccccn4)n3)o2)SC(c2nnc(-c3cccc(-c4ccccn4)n3)o2)C1. The topological polar surface area (TPSA) is 129 Å². The lowest BCUT2D eigenvalue weighted by Gasteiger charge is -2.03. The zero-order valence-corrected chi connectivity index (χ0v) is 21.1. The fourth-order valence-electron chi connectivity index (χ4n) is 4.07. The fourth-order valence-corrected chi connectivity index (χ4v) is 5.14. The molecule has 0 radical (unpaired) electrons. The molecule has 0 fully saturated rings. The molecule has 0 saturated carbocycles. The molecular formula is C28H18N8O2S. The summed E-state index contributed by atoms with van der Waals surface area (Å²) in [7, 11) is 0. The van der Waals surface area contributed by atoms with E-state index in [9.17, 15) is 0 Å². The van der Waals surface area contributed by atoms with Crippen molar-refractivity contribution in [1.29, 1.82) is 0 Å². The summed E-state index contributed by atoms with van der Waals surface area (Å²) < 4.78 is 12.0. The Morgan fingerprint density at radius 1 is 0.564 bits per heavy atom. The van der Waals surface area contributed by atoms with E-state index in [-0.39, 0.29) is 5.25 Å². The van der Waals surface area contributed by atoms with Crippen LogP contribution in [0.1, 0.15) is 23.5 Å². The van der Waals surface area contributed by atoms with Gasteiger partial charge in [0.1, 0.15) is 11.4 Å². The van der Waals surface area contributed by atoms with Crippen LogP contribution >= 0.6 is 11.8 Å². The van der Waals surface area contributed by atoms with Crippen LogP contribution in [0.15, 0.2) is 100 Å². The summed E-state index contributed by atoms with van der Waals surface area (Å²) in [6, 6.07) is 22.6. The van der Waals surface area contributed by atoms with E-state index >= 15 is 0 Å². The van der Waals surface area contributed by atoms with Gasteiger partial charge in [-0.05, 0) is 55.0 Å². The van der Waals surface area contributed by atoms with E-state index < -0.39 is 0 Å². The zero-order valence-electron chi connectivity index (χ0n) is 20.2. The van der Waals surface area contributed by atoms with Crippen LogP contribution in [0.4, 0.5) is 0 Å². The number of thioether (sulfide) groups is 1. The van der Waals surface area contributed by atoms with Gasteiger partial charge in [0.15, 0.2) is 0 Å². The Morgan fingerprint density at radius 2 is 1.13 bits per heavy atom. The van der Waals surface area contributed by atoms with Gasteiger partial charge in [0.2, 0.25) is 5.89 Å². The van der Waals surface area contributed by atoms with Gasteiger partial charge in [0, 0.05) is 12.4 Å². The molecule has 0 saturated heterocycles. The van der Waals surface area contributed by atoms with Gasteiger partial charge in [-0.25, -0.2) is 9.97 Å². The van der Waals surface area contributed by atoms with E-state index in [0.717, 1.165) is 27.7 Å². The van der Waals surface area contributed by atoms with Crippen molar-refractivity contribution in [2.75, 3.05) is 0 Å². The van der Waals surface area contributed by atoms with Gasteiger partial charge in [-0.15, -0.1) is 32.2 Å². The number of hydrogen-bond acceptors (Lipinski definition) is 11. The van der Waals surface area contributed by atoms with Gasteiger partial charge in [0.25, 0.3) is 17.7 Å². The molecule has 7 rings (SSSR count). The summed E-state index contributed by atoms with van der Waals surface area (Å²) in [6.45, 7) is 0. The predicted octanol–water partition coefficient (Wildman–Crippen LogP) is 5.92. The molecule has 0 aliphatic carbocycles. The van der Waals surface area contributed by atoms with Crippen molar-refractivity contribution in [2.24, 2.45) is 0 Å². The van der Waals surface area contributed by atoms with Crippen molar-refractivity contribution in [2.45, 2.75) is 11.7 Å². The Bertz CT molecular complexity index is 1790. The molecule has 0 N–H and O–H groups in total. The number of allylic oxidation sites excluding steroid dienone is 1. The van der Waals surface area contributed by atoms with Crippen molar-refractivity contribution in [3.63, 3.8) is 0 Å². The molecule has 0 bridgehead atoms. The van der Waals surface area contributed by atoms with E-state index in [0.29, 0.717) is 41.4 Å². The fraction of sp³-hybridized carbons (Fsp3) is 0.0714. The van der Waals surface area contributed by atoms with E-state index in [1.165, 1.54) is 0 Å². The van der Waals surface area contributed by atoms with Crippen LogP contribution in [0, 0.1) is 0 Å². The van der Waals surface area contributed by atoms with Crippen molar-refractivity contribution in [1.82, 2.24) is 40.3 Å². The van der Waals surface area contributed by atoms with Crippen molar-refractivity contribution in [3.8, 4) is 45.9 Å². The standard InChI is InChI=1S/C28H18N8O2S/c1-3-15-29-17(7-1)19-9-5-11-21(31-19)25-33-35-27(37-25)23-13-14-24(39-23)28-36-34-26(38-28)22-12-6-10-20(32-22)18-8-2-4-16-30-18/h1-13,15-16,24H,14H2. The molecule has 11 heteroatoms. The summed E-state index contributed by atoms with van der Waals surface area (Å²) in [4.78, 5) is 18.9. The Morgan fingerprint density at radius 3 is 1.77 bits per heavy atom. The summed E-state index contributed by atoms with van der Waals surface area (Å²) in [5.74, 6) is 1.63. The number of pyridine rings is 4. The third-order valence-electron chi connectivity index (χ3n) is 5.93. The van der Waals surface area contributed by atoms with Crippen LogP contribution in [0.2, 0.25) is 0 Å². The van der Waals surface area contributed by atoms with E-state index in [1.54, 1.807) is 24.2 Å². The van der Waals surface area contributed by atoms with Crippen molar-refractivity contribution >= 4 is 16.7 Å². The van der Waals surface area contributed by atoms with Crippen LogP contribution in [0.3, 0.4) is 0 Å². The van der Waals surface area contributed by atoms with E-state index in [4.69, 9.17) is 8.83 Å². The second-order valence-electron chi connectivity index (χ2n) is 8.51. The molecule has 6 aromatic rings. The maximum Gasteiger partial charge on any atom is 0.266 e. The summed E-state index contributed by atoms with van der Waals surface area (Å²) in [6.07, 6.45) is 6.19. The third kappa shape index (κ3) is 4.71. The highest BCUT2D eigenvalue weighted by Gasteiger charge is 2.29. The van der Waals surface area contributed by atoms with Gasteiger partial charge in [-0.3, -0.25) is 9.97 Å². The Balaban J connectivity index is 1.06. The molecule has 0 amide bonds. The number of rotatable bonds is 6. The highest BCUT2D eigenvalue weighted by molar-refractivity contribution is 8.08. The lowest BCUT2D eigenvalue weighted by Crippen LogP contribution is -1.89. The first kappa shape index (κ1) is 23.1. The summed E-state index contributed by atoms with van der Waals surface area (Å²) >= 11 is 1.54. The Hall–Kier alpha value is -5.03. The first-order chi connectivity index (χ1) is 19.3. The van der Waals surface area contributed by atoms with Gasteiger partial charge in [-0.2, -0.15) is 0 Å². The van der Waals surface area contributed by atoms with Gasteiger partial charge in [0.05, 0.1) is 32.9 Å². The molecule has 7 heterocycles. The lowest BCUT2D eigenvalue weighted by molar-refractivity contribution is 0.502. The van der Waals surface area contributed by atoms with Crippen LogP contribution in [-0.4, -0.2) is 40.3 Å². The molecule has 188 valence electrons. The predicted molar refractivity (Wildman–Crippen MR) is 144 cm³/mol. The second kappa shape index (κ2) is 10.0. The molecule has 1 unspecified atom stereocenters. The minimum absolute atomic E-state index is 0.0684. The van der Waals surface area contributed by atoms with Crippen molar-refractivity contribution in [3.05, 3.63) is 103 Å². The average molecular weight is 531 g/mol. The molecule has 1 aliphatic heterocycles. The van der Waals surface area contributed by atoms with Gasteiger partial charge >= 0.3 is 0 Å². The normalized spacial score (nSPS) is 14.9. The Labute approximate surface area is 226 Å². The monoisotopic (exact) mass is 530 g/mol. The van der Waals surface area contributed by atoms with Crippen LogP contribution in [-0.2, 0) is 0 Å². The first-order valence-electron chi connectivity index (χ1n) is 12.1. The Kier molecular flexibility index (Phi) is 5.94. The maximum absolute atomic E-state index is 6.02. The van der Waals surface area contributed by atoms with Gasteiger partial charge < -0.3 is 8.83 Å². The van der Waals surface area contributed by atoms with Crippen molar-refractivity contribution < 1.29 is 8.83 Å². The average Bonchev–Trinajstić information content (AvgIpc) is 3.79. The van der Waals surface area contributed by atoms with Crippen LogP contribution in [0.5, 0.6) is 0 Å². The van der Waals surface area contributed by atoms with Crippen LogP contribution < -0.4 is 0 Å². The van der Waals surface area contributed by atoms with Gasteiger partial charge in [-0.1, -0.05) is 30.3 Å². The zero-order chi connectivity index (χ0) is 26.0. The number of nitrogens with zero attached hydrogens (tertiary/aromatic N) is 8. The number of hydrogen-bond donors (Lipinski definition) is 0. The summed E-state index contributed by atoms with van der Waals surface area (Å²) in [5.41, 5.74) is 4.19. The number of aromatic nitrogens is 8.